The molecule has 4 heteroatoms. The smallest absolute Gasteiger partial charge is 0.241 e. The fourth-order valence-electron chi connectivity index (χ4n) is 2.82. The predicted octanol–water partition coefficient (Wildman–Crippen LogP) is 1.36. The molecule has 0 aromatic rings. The summed E-state index contributed by atoms with van der Waals surface area (Å²) in [6.45, 7) is 6.76. The van der Waals surface area contributed by atoms with E-state index in [1.807, 2.05) is 4.90 Å². The minimum atomic E-state index is 0.0319. The van der Waals surface area contributed by atoms with Crippen molar-refractivity contribution < 1.29 is 9.53 Å². The molecular weight excluding hydrogens is 216 g/mol. The lowest BCUT2D eigenvalue weighted by Crippen LogP contribution is -2.41. The average Bonchev–Trinajstić information content (AvgIpc) is 2.68. The van der Waals surface area contributed by atoms with E-state index in [0.29, 0.717) is 5.92 Å². The molecule has 0 aliphatic carbocycles. The number of nitrogens with zero attached hydrogens (tertiary/aromatic N) is 1. The third kappa shape index (κ3) is 2.80. The zero-order valence-electron chi connectivity index (χ0n) is 10.9. The van der Waals surface area contributed by atoms with Gasteiger partial charge in [0.1, 0.15) is 0 Å². The maximum Gasteiger partial charge on any atom is 0.241 e. The van der Waals surface area contributed by atoms with E-state index in [-0.39, 0.29) is 18.1 Å². The van der Waals surface area contributed by atoms with Crippen molar-refractivity contribution in [3.8, 4) is 0 Å². The van der Waals surface area contributed by atoms with Gasteiger partial charge in [-0.3, -0.25) is 10.1 Å². The van der Waals surface area contributed by atoms with Gasteiger partial charge in [0.15, 0.2) is 0 Å². The number of hydrogen-bond donors (Lipinski definition) is 1. The van der Waals surface area contributed by atoms with E-state index in [9.17, 15) is 4.79 Å². The maximum atomic E-state index is 12.2. The van der Waals surface area contributed by atoms with E-state index in [1.165, 1.54) is 6.42 Å². The molecule has 3 atom stereocenters. The topological polar surface area (TPSA) is 41.6 Å². The van der Waals surface area contributed by atoms with E-state index in [4.69, 9.17) is 4.74 Å². The third-order valence-electron chi connectivity index (χ3n) is 3.86. The summed E-state index contributed by atoms with van der Waals surface area (Å²) in [7, 11) is 0. The molecule has 0 bridgehead atoms. The molecule has 0 saturated carbocycles. The van der Waals surface area contributed by atoms with Crippen LogP contribution in [0.2, 0.25) is 0 Å². The summed E-state index contributed by atoms with van der Waals surface area (Å²) in [5.41, 5.74) is 0. The monoisotopic (exact) mass is 240 g/mol. The Labute approximate surface area is 104 Å². The lowest BCUT2D eigenvalue weighted by molar-refractivity contribution is -0.131. The van der Waals surface area contributed by atoms with Gasteiger partial charge in [-0.2, -0.15) is 0 Å². The molecule has 0 radical (unpaired) electrons. The van der Waals surface area contributed by atoms with Crippen LogP contribution in [0.5, 0.6) is 0 Å². The minimum Gasteiger partial charge on any atom is -0.381 e. The van der Waals surface area contributed by atoms with Gasteiger partial charge >= 0.3 is 0 Å². The summed E-state index contributed by atoms with van der Waals surface area (Å²) in [6.07, 6.45) is 4.42. The van der Waals surface area contributed by atoms with E-state index >= 15 is 0 Å². The Bertz CT molecular complexity index is 264. The molecule has 17 heavy (non-hydrogen) atoms. The normalized spacial score (nSPS) is 34.4. The van der Waals surface area contributed by atoms with Crippen LogP contribution in [0.4, 0.5) is 0 Å². The van der Waals surface area contributed by atoms with Gasteiger partial charge in [0, 0.05) is 19.1 Å². The lowest BCUT2D eigenvalue weighted by atomic mass is 10.0. The maximum absolute atomic E-state index is 12.2. The lowest BCUT2D eigenvalue weighted by Gasteiger charge is -2.30. The Morgan fingerprint density at radius 1 is 1.41 bits per heavy atom. The third-order valence-corrected chi connectivity index (χ3v) is 3.86. The molecule has 2 fully saturated rings. The molecule has 0 aromatic carbocycles. The Hall–Kier alpha value is -0.610. The first kappa shape index (κ1) is 12.8. The highest BCUT2D eigenvalue weighted by atomic mass is 16.5. The number of carbonyl (C=O) groups is 1. The van der Waals surface area contributed by atoms with Crippen molar-refractivity contribution in [2.24, 2.45) is 5.92 Å². The Kier molecular flexibility index (Phi) is 4.40. The van der Waals surface area contributed by atoms with E-state index in [0.717, 1.165) is 39.0 Å². The molecule has 98 valence electrons. The average molecular weight is 240 g/mol. The predicted molar refractivity (Wildman–Crippen MR) is 66.5 cm³/mol. The van der Waals surface area contributed by atoms with Crippen molar-refractivity contribution in [3.63, 3.8) is 0 Å². The van der Waals surface area contributed by atoms with Crippen molar-refractivity contribution in [2.45, 2.75) is 51.7 Å². The van der Waals surface area contributed by atoms with Crippen LogP contribution in [0.1, 0.15) is 39.5 Å². The first-order valence-corrected chi connectivity index (χ1v) is 6.90. The zero-order chi connectivity index (χ0) is 12.3. The summed E-state index contributed by atoms with van der Waals surface area (Å²) in [6, 6.07) is 0.0319. The second-order valence-electron chi connectivity index (χ2n) is 5.13. The number of nitrogens with one attached hydrogen (secondary N) is 1. The molecule has 2 rings (SSSR count). The van der Waals surface area contributed by atoms with E-state index in [1.54, 1.807) is 0 Å². The molecule has 2 aliphatic heterocycles. The number of carbonyl (C=O) groups excluding carboxylic acids is 1. The molecule has 2 heterocycles. The fourth-order valence-corrected chi connectivity index (χ4v) is 2.82. The minimum absolute atomic E-state index is 0.0319. The second-order valence-corrected chi connectivity index (χ2v) is 5.13. The van der Waals surface area contributed by atoms with Crippen LogP contribution in [0.3, 0.4) is 0 Å². The summed E-state index contributed by atoms with van der Waals surface area (Å²) >= 11 is 0. The number of amides is 1. The largest absolute Gasteiger partial charge is 0.381 e. The molecule has 1 N–H and O–H groups in total. The van der Waals surface area contributed by atoms with E-state index < -0.39 is 0 Å². The highest BCUT2D eigenvalue weighted by Crippen LogP contribution is 2.21. The molecular formula is C13H24N2O2. The summed E-state index contributed by atoms with van der Waals surface area (Å²) in [5, 5.41) is 3.42. The first-order chi connectivity index (χ1) is 8.26. The van der Waals surface area contributed by atoms with Gasteiger partial charge in [0.05, 0.1) is 18.8 Å². The van der Waals surface area contributed by atoms with E-state index in [2.05, 4.69) is 19.2 Å². The van der Waals surface area contributed by atoms with Gasteiger partial charge in [-0.1, -0.05) is 13.8 Å². The number of hydrogen-bond acceptors (Lipinski definition) is 3. The Balaban J connectivity index is 1.94. The summed E-state index contributed by atoms with van der Waals surface area (Å²) in [4.78, 5) is 14.2. The molecule has 3 unspecified atom stereocenters. The van der Waals surface area contributed by atoms with Crippen LogP contribution in [0.25, 0.3) is 0 Å². The highest BCUT2D eigenvalue weighted by molar-refractivity contribution is 5.84. The van der Waals surface area contributed by atoms with Crippen LogP contribution in [-0.2, 0) is 9.53 Å². The Morgan fingerprint density at radius 3 is 2.82 bits per heavy atom. The molecule has 2 aliphatic rings. The van der Waals surface area contributed by atoms with Gasteiger partial charge < -0.3 is 9.64 Å². The standard InChI is InChI=1S/C13H24N2O2/c1-3-11-13(16)15(12(4-2)14-11)8-10-6-5-7-17-9-10/h10-12,14H,3-9H2,1-2H3. The number of rotatable bonds is 4. The SMILES string of the molecule is CCC1NC(CC)N(CC2CCCOC2)C1=O. The first-order valence-electron chi connectivity index (χ1n) is 6.90. The molecule has 0 aromatic heterocycles. The van der Waals surface area contributed by atoms with Gasteiger partial charge in [-0.05, 0) is 25.7 Å². The van der Waals surface area contributed by atoms with Crippen LogP contribution in [-0.4, -0.2) is 42.8 Å². The molecule has 1 amide bonds. The van der Waals surface area contributed by atoms with Crippen molar-refractivity contribution in [2.75, 3.05) is 19.8 Å². The summed E-state index contributed by atoms with van der Waals surface area (Å²) in [5.74, 6) is 0.809. The van der Waals surface area contributed by atoms with Gasteiger partial charge in [0.2, 0.25) is 5.91 Å². The molecule has 0 spiro atoms. The second kappa shape index (κ2) is 5.83. The van der Waals surface area contributed by atoms with Crippen molar-refractivity contribution >= 4 is 5.91 Å². The Morgan fingerprint density at radius 2 is 2.24 bits per heavy atom. The van der Waals surface area contributed by atoms with Gasteiger partial charge in [-0.25, -0.2) is 0 Å². The van der Waals surface area contributed by atoms with Crippen LogP contribution in [0.15, 0.2) is 0 Å². The fraction of sp³-hybridized carbons (Fsp3) is 0.923. The van der Waals surface area contributed by atoms with Crippen molar-refractivity contribution in [3.05, 3.63) is 0 Å². The zero-order valence-corrected chi connectivity index (χ0v) is 10.9. The van der Waals surface area contributed by atoms with Crippen LogP contribution < -0.4 is 5.32 Å². The van der Waals surface area contributed by atoms with Crippen LogP contribution in [0, 0.1) is 5.92 Å². The number of ether oxygens (including phenoxy) is 1. The molecule has 4 nitrogen and oxygen atoms in total. The van der Waals surface area contributed by atoms with Crippen LogP contribution >= 0.6 is 0 Å². The summed E-state index contributed by atoms with van der Waals surface area (Å²) < 4.78 is 5.49. The highest BCUT2D eigenvalue weighted by Gasteiger charge is 2.37. The van der Waals surface area contributed by atoms with Crippen molar-refractivity contribution in [1.82, 2.24) is 10.2 Å². The van der Waals surface area contributed by atoms with Gasteiger partial charge in [0.25, 0.3) is 0 Å². The molecule has 2 saturated heterocycles. The quantitative estimate of drug-likeness (QED) is 0.806. The van der Waals surface area contributed by atoms with Crippen molar-refractivity contribution in [1.29, 1.82) is 0 Å². The van der Waals surface area contributed by atoms with Gasteiger partial charge in [-0.15, -0.1) is 0 Å².